The van der Waals surface area contributed by atoms with Gasteiger partial charge in [-0.3, -0.25) is 0 Å². The lowest BCUT2D eigenvalue weighted by atomic mass is 10.1. The third-order valence-corrected chi connectivity index (χ3v) is 3.70. The molecule has 2 rings (SSSR count). The molecule has 0 aliphatic carbocycles. The summed E-state index contributed by atoms with van der Waals surface area (Å²) in [5.41, 5.74) is 3.17. The number of hydrogen-bond acceptors (Lipinski definition) is 4. The molecule has 0 fully saturated rings. The van der Waals surface area contributed by atoms with E-state index in [1.54, 1.807) is 18.3 Å². The highest BCUT2D eigenvalue weighted by atomic mass is 32.1. The molecule has 1 heterocycles. The van der Waals surface area contributed by atoms with E-state index in [2.05, 4.69) is 15.3 Å². The van der Waals surface area contributed by atoms with Gasteiger partial charge in [0.25, 0.3) is 0 Å². The van der Waals surface area contributed by atoms with Crippen molar-refractivity contribution in [2.45, 2.75) is 26.5 Å². The van der Waals surface area contributed by atoms with Crippen LogP contribution in [-0.2, 0) is 6.54 Å². The minimum absolute atomic E-state index is 0.412. The molecule has 0 saturated carbocycles. The van der Waals surface area contributed by atoms with Crippen molar-refractivity contribution in [3.05, 3.63) is 45.9 Å². The number of rotatable bonds is 4. The Balaban J connectivity index is 2.06. The second-order valence-electron chi connectivity index (χ2n) is 4.48. The van der Waals surface area contributed by atoms with Crippen LogP contribution >= 0.6 is 11.3 Å². The lowest BCUT2D eigenvalue weighted by Crippen LogP contribution is -2.16. The second kappa shape index (κ2) is 5.50. The number of aliphatic hydroxyl groups is 1. The van der Waals surface area contributed by atoms with Crippen LogP contribution in [0.5, 0.6) is 0 Å². The van der Waals surface area contributed by atoms with Gasteiger partial charge in [-0.15, -0.1) is 11.3 Å². The van der Waals surface area contributed by atoms with Crippen molar-refractivity contribution in [3.8, 4) is 0 Å². The van der Waals surface area contributed by atoms with Crippen LogP contribution in [0, 0.1) is 6.92 Å². The van der Waals surface area contributed by atoms with E-state index in [4.69, 9.17) is 0 Å². The lowest BCUT2D eigenvalue weighted by molar-refractivity contribution is 0.199. The largest absolute Gasteiger partial charge is 0.389 e. The molecule has 1 atom stereocenters. The summed E-state index contributed by atoms with van der Waals surface area (Å²) in [6.07, 6.45) is -0.412. The quantitative estimate of drug-likeness (QED) is 0.919. The number of aromatic nitrogens is 1. The van der Waals surface area contributed by atoms with Crippen molar-refractivity contribution in [3.63, 3.8) is 0 Å². The molecular formula is C14H18N2OS. The third kappa shape index (κ3) is 3.09. The number of benzene rings is 1. The monoisotopic (exact) mass is 262 g/mol. The maximum Gasteiger partial charge on any atom is 0.0898 e. The summed E-state index contributed by atoms with van der Waals surface area (Å²) in [7, 11) is 2.05. The van der Waals surface area contributed by atoms with Crippen LogP contribution in [-0.4, -0.2) is 17.1 Å². The normalized spacial score (nSPS) is 12.4. The summed E-state index contributed by atoms with van der Waals surface area (Å²) in [5, 5.41) is 12.7. The highest BCUT2D eigenvalue weighted by molar-refractivity contribution is 7.09. The fourth-order valence-electron chi connectivity index (χ4n) is 1.82. The van der Waals surface area contributed by atoms with Crippen molar-refractivity contribution in [2.24, 2.45) is 0 Å². The van der Waals surface area contributed by atoms with Crippen molar-refractivity contribution in [1.82, 2.24) is 4.98 Å². The average Bonchev–Trinajstić information content (AvgIpc) is 2.75. The van der Waals surface area contributed by atoms with E-state index in [0.29, 0.717) is 0 Å². The Bertz CT molecular complexity index is 505. The molecule has 0 spiro atoms. The Morgan fingerprint density at radius 3 is 2.50 bits per heavy atom. The molecule has 18 heavy (non-hydrogen) atoms. The number of aryl methyl sites for hydroxylation is 1. The molecule has 2 aromatic rings. The standard InChI is InChI=1S/C14H18N2OS/c1-10(17)12-4-6-14(7-5-12)16(3)8-13-9-18-11(2)15-13/h4-7,9-10,17H,8H2,1-3H3/t10-/m0/s1. The Labute approximate surface area is 112 Å². The molecule has 1 aromatic heterocycles. The molecule has 0 aliphatic heterocycles. The molecule has 4 heteroatoms. The fraction of sp³-hybridized carbons (Fsp3) is 0.357. The zero-order valence-electron chi connectivity index (χ0n) is 10.9. The SMILES string of the molecule is Cc1nc(CN(C)c2ccc([C@H](C)O)cc2)cs1. The van der Waals surface area contributed by atoms with Gasteiger partial charge in [0.2, 0.25) is 0 Å². The first-order valence-electron chi connectivity index (χ1n) is 5.96. The predicted molar refractivity (Wildman–Crippen MR) is 76.0 cm³/mol. The zero-order valence-corrected chi connectivity index (χ0v) is 11.7. The molecule has 0 amide bonds. The molecule has 0 aliphatic rings. The van der Waals surface area contributed by atoms with Gasteiger partial charge in [-0.1, -0.05) is 12.1 Å². The molecule has 1 N–H and O–H groups in total. The maximum atomic E-state index is 9.47. The van der Waals surface area contributed by atoms with Crippen LogP contribution in [0.2, 0.25) is 0 Å². The van der Waals surface area contributed by atoms with Gasteiger partial charge in [-0.2, -0.15) is 0 Å². The summed E-state index contributed by atoms with van der Waals surface area (Å²) < 4.78 is 0. The number of hydrogen-bond donors (Lipinski definition) is 1. The van der Waals surface area contributed by atoms with Crippen LogP contribution in [0.3, 0.4) is 0 Å². The Morgan fingerprint density at radius 2 is 2.00 bits per heavy atom. The van der Waals surface area contributed by atoms with Gasteiger partial charge in [-0.25, -0.2) is 4.98 Å². The van der Waals surface area contributed by atoms with Crippen LogP contribution in [0.1, 0.15) is 29.3 Å². The highest BCUT2D eigenvalue weighted by Crippen LogP contribution is 2.20. The molecule has 0 saturated heterocycles. The van der Waals surface area contributed by atoms with E-state index in [9.17, 15) is 5.11 Å². The van der Waals surface area contributed by atoms with E-state index < -0.39 is 6.10 Å². The summed E-state index contributed by atoms with van der Waals surface area (Å²) >= 11 is 1.68. The first-order valence-corrected chi connectivity index (χ1v) is 6.84. The van der Waals surface area contributed by atoms with Gasteiger partial charge in [0.15, 0.2) is 0 Å². The van der Waals surface area contributed by atoms with Gasteiger partial charge in [0.05, 0.1) is 23.4 Å². The molecular weight excluding hydrogens is 244 g/mol. The van der Waals surface area contributed by atoms with E-state index in [1.165, 1.54) is 0 Å². The Morgan fingerprint density at radius 1 is 1.33 bits per heavy atom. The van der Waals surface area contributed by atoms with Gasteiger partial charge in [0, 0.05) is 18.1 Å². The first-order chi connectivity index (χ1) is 8.56. The first kappa shape index (κ1) is 13.1. The lowest BCUT2D eigenvalue weighted by Gasteiger charge is -2.18. The number of thiazole rings is 1. The van der Waals surface area contributed by atoms with Gasteiger partial charge < -0.3 is 10.0 Å². The molecule has 3 nitrogen and oxygen atoms in total. The zero-order chi connectivity index (χ0) is 13.1. The summed E-state index contributed by atoms with van der Waals surface area (Å²) in [6, 6.07) is 7.98. The minimum atomic E-state index is -0.412. The predicted octanol–water partition coefficient (Wildman–Crippen LogP) is 3.14. The van der Waals surface area contributed by atoms with Crippen molar-refractivity contribution >= 4 is 17.0 Å². The van der Waals surface area contributed by atoms with E-state index in [1.807, 2.05) is 38.2 Å². The van der Waals surface area contributed by atoms with Gasteiger partial charge in [0.1, 0.15) is 0 Å². The minimum Gasteiger partial charge on any atom is -0.389 e. The molecule has 0 radical (unpaired) electrons. The molecule has 0 unspecified atom stereocenters. The fourth-order valence-corrected chi connectivity index (χ4v) is 2.43. The molecule has 1 aromatic carbocycles. The molecule has 0 bridgehead atoms. The third-order valence-electron chi connectivity index (χ3n) is 2.88. The maximum absolute atomic E-state index is 9.47. The van der Waals surface area contributed by atoms with Crippen molar-refractivity contribution in [2.75, 3.05) is 11.9 Å². The van der Waals surface area contributed by atoms with Crippen molar-refractivity contribution in [1.29, 1.82) is 0 Å². The van der Waals surface area contributed by atoms with E-state index in [-0.39, 0.29) is 0 Å². The smallest absolute Gasteiger partial charge is 0.0898 e. The Hall–Kier alpha value is -1.39. The van der Waals surface area contributed by atoms with Crippen LogP contribution in [0.4, 0.5) is 5.69 Å². The average molecular weight is 262 g/mol. The second-order valence-corrected chi connectivity index (χ2v) is 5.54. The van der Waals surface area contributed by atoms with E-state index in [0.717, 1.165) is 28.5 Å². The summed E-state index contributed by atoms with van der Waals surface area (Å²) in [4.78, 5) is 6.61. The van der Waals surface area contributed by atoms with Gasteiger partial charge in [-0.05, 0) is 31.5 Å². The van der Waals surface area contributed by atoms with Crippen LogP contribution in [0.15, 0.2) is 29.6 Å². The topological polar surface area (TPSA) is 36.4 Å². The number of anilines is 1. The van der Waals surface area contributed by atoms with Crippen molar-refractivity contribution < 1.29 is 5.11 Å². The summed E-state index contributed by atoms with van der Waals surface area (Å²) in [5.74, 6) is 0. The van der Waals surface area contributed by atoms with Crippen LogP contribution in [0.25, 0.3) is 0 Å². The van der Waals surface area contributed by atoms with Gasteiger partial charge >= 0.3 is 0 Å². The molecule has 96 valence electrons. The highest BCUT2D eigenvalue weighted by Gasteiger charge is 2.06. The number of nitrogens with zero attached hydrogens (tertiary/aromatic N) is 2. The Kier molecular flexibility index (Phi) is 3.99. The van der Waals surface area contributed by atoms with Crippen LogP contribution < -0.4 is 4.90 Å². The number of aliphatic hydroxyl groups excluding tert-OH is 1. The van der Waals surface area contributed by atoms with E-state index >= 15 is 0 Å². The summed E-state index contributed by atoms with van der Waals surface area (Å²) in [6.45, 7) is 4.60.